The first-order valence-electron chi connectivity index (χ1n) is 6.99. The van der Waals surface area contributed by atoms with Gasteiger partial charge in [-0.3, -0.25) is 4.99 Å². The van der Waals surface area contributed by atoms with Gasteiger partial charge in [-0.05, 0) is 47.3 Å². The summed E-state index contributed by atoms with van der Waals surface area (Å²) in [4.78, 5) is 5.70. The Balaban J connectivity index is 0.00000200. The van der Waals surface area contributed by atoms with Crippen LogP contribution >= 0.6 is 51.2 Å². The topological polar surface area (TPSA) is 36.4 Å². The fraction of sp³-hybridized carbons (Fsp3) is 0.643. The molecule has 0 unspecified atom stereocenters. The summed E-state index contributed by atoms with van der Waals surface area (Å²) in [5.74, 6) is 0.947. The number of aliphatic imine (C=N–C) groups is 1. The first-order valence-corrected chi connectivity index (χ1v) is 8.60. The average molecular weight is 472 g/mol. The van der Waals surface area contributed by atoms with Gasteiger partial charge in [0.25, 0.3) is 0 Å². The van der Waals surface area contributed by atoms with Gasteiger partial charge in [0.1, 0.15) is 0 Å². The lowest BCUT2D eigenvalue weighted by molar-refractivity contribution is 0.410. The summed E-state index contributed by atoms with van der Waals surface area (Å²) < 4.78 is 1.20. The summed E-state index contributed by atoms with van der Waals surface area (Å²) >= 11 is 5.29. The van der Waals surface area contributed by atoms with Crippen molar-refractivity contribution in [3.8, 4) is 0 Å². The van der Waals surface area contributed by atoms with E-state index in [1.165, 1.54) is 40.8 Å². The lowest BCUT2D eigenvalue weighted by atomic mass is 9.96. The van der Waals surface area contributed by atoms with Gasteiger partial charge in [0.15, 0.2) is 5.96 Å². The van der Waals surface area contributed by atoms with Crippen LogP contribution in [-0.2, 0) is 6.42 Å². The number of guanidine groups is 1. The van der Waals surface area contributed by atoms with Gasteiger partial charge in [-0.2, -0.15) is 0 Å². The van der Waals surface area contributed by atoms with Crippen molar-refractivity contribution in [1.82, 2.24) is 10.6 Å². The highest BCUT2D eigenvalue weighted by Crippen LogP contribution is 2.22. The van der Waals surface area contributed by atoms with E-state index >= 15 is 0 Å². The van der Waals surface area contributed by atoms with Crippen molar-refractivity contribution in [2.24, 2.45) is 4.99 Å². The van der Waals surface area contributed by atoms with E-state index in [1.807, 2.05) is 7.05 Å². The molecule has 2 N–H and O–H groups in total. The summed E-state index contributed by atoms with van der Waals surface area (Å²) in [6.45, 7) is 0.930. The Kier molecular flexibility index (Phi) is 9.11. The molecule has 0 saturated heterocycles. The summed E-state index contributed by atoms with van der Waals surface area (Å²) in [7, 11) is 1.85. The van der Waals surface area contributed by atoms with E-state index in [0.29, 0.717) is 6.04 Å². The summed E-state index contributed by atoms with van der Waals surface area (Å²) in [6.07, 6.45) is 7.67. The van der Waals surface area contributed by atoms with Crippen LogP contribution in [0.5, 0.6) is 0 Å². The second-order valence-electron chi connectivity index (χ2n) is 4.93. The molecule has 0 atom stereocenters. The van der Waals surface area contributed by atoms with Gasteiger partial charge in [0.2, 0.25) is 0 Å². The Bertz CT molecular complexity index is 416. The number of nitrogens with one attached hydrogen (secondary N) is 2. The van der Waals surface area contributed by atoms with Crippen LogP contribution < -0.4 is 10.6 Å². The molecule has 6 heteroatoms. The molecule has 1 heterocycles. The number of hydrogen-bond acceptors (Lipinski definition) is 2. The van der Waals surface area contributed by atoms with E-state index in [4.69, 9.17) is 0 Å². The van der Waals surface area contributed by atoms with Gasteiger partial charge in [-0.25, -0.2) is 0 Å². The monoisotopic (exact) mass is 471 g/mol. The molecule has 0 amide bonds. The van der Waals surface area contributed by atoms with E-state index in [2.05, 4.69) is 43.7 Å². The molecule has 1 aliphatic rings. The van der Waals surface area contributed by atoms with Crippen LogP contribution in [0.1, 0.15) is 37.0 Å². The van der Waals surface area contributed by atoms with Crippen molar-refractivity contribution in [2.45, 2.75) is 44.6 Å². The highest BCUT2D eigenvalue weighted by molar-refractivity contribution is 14.0. The fourth-order valence-electron chi connectivity index (χ4n) is 2.43. The van der Waals surface area contributed by atoms with Crippen molar-refractivity contribution in [3.63, 3.8) is 0 Å². The lowest BCUT2D eigenvalue weighted by Crippen LogP contribution is -2.44. The van der Waals surface area contributed by atoms with Crippen LogP contribution in [0.2, 0.25) is 0 Å². The normalized spacial score (nSPS) is 16.6. The Labute approximate surface area is 151 Å². The minimum Gasteiger partial charge on any atom is -0.356 e. The summed E-state index contributed by atoms with van der Waals surface area (Å²) in [6, 6.07) is 4.89. The maximum atomic E-state index is 4.31. The summed E-state index contributed by atoms with van der Waals surface area (Å²) in [5, 5.41) is 6.93. The zero-order valence-corrected chi connectivity index (χ0v) is 16.6. The largest absolute Gasteiger partial charge is 0.356 e. The first kappa shape index (κ1) is 18.2. The fourth-order valence-corrected chi connectivity index (χ4v) is 3.91. The van der Waals surface area contributed by atoms with Crippen LogP contribution in [0.15, 0.2) is 20.9 Å². The van der Waals surface area contributed by atoms with Crippen molar-refractivity contribution in [3.05, 3.63) is 20.8 Å². The summed E-state index contributed by atoms with van der Waals surface area (Å²) in [5.41, 5.74) is 0. The van der Waals surface area contributed by atoms with Crippen molar-refractivity contribution < 1.29 is 0 Å². The molecular weight excluding hydrogens is 449 g/mol. The maximum Gasteiger partial charge on any atom is 0.191 e. The zero-order valence-electron chi connectivity index (χ0n) is 11.8. The molecule has 1 aliphatic carbocycles. The van der Waals surface area contributed by atoms with E-state index < -0.39 is 0 Å². The second-order valence-corrected chi connectivity index (χ2v) is 7.48. The zero-order chi connectivity index (χ0) is 13.5. The van der Waals surface area contributed by atoms with Crippen molar-refractivity contribution in [2.75, 3.05) is 13.6 Å². The first-order chi connectivity index (χ1) is 9.28. The van der Waals surface area contributed by atoms with Crippen LogP contribution in [0, 0.1) is 0 Å². The predicted octanol–water partition coefficient (Wildman–Crippen LogP) is 4.17. The van der Waals surface area contributed by atoms with Gasteiger partial charge in [-0.1, -0.05) is 19.3 Å². The lowest BCUT2D eigenvalue weighted by Gasteiger charge is -2.24. The van der Waals surface area contributed by atoms with Crippen LogP contribution in [0.3, 0.4) is 0 Å². The van der Waals surface area contributed by atoms with Gasteiger partial charge in [0.05, 0.1) is 3.79 Å². The van der Waals surface area contributed by atoms with E-state index in [9.17, 15) is 0 Å². The van der Waals surface area contributed by atoms with E-state index in [-0.39, 0.29) is 24.0 Å². The highest BCUT2D eigenvalue weighted by Gasteiger charge is 2.14. The number of halogens is 2. The molecule has 0 spiro atoms. The Morgan fingerprint density at radius 1 is 1.35 bits per heavy atom. The Hall–Kier alpha value is 0.180. The SMILES string of the molecule is CN=C(NCCc1ccc(Br)s1)NC1CCCCC1.I. The molecule has 1 fully saturated rings. The third-order valence-corrected chi connectivity index (χ3v) is 5.15. The number of nitrogens with zero attached hydrogens (tertiary/aromatic N) is 1. The number of thiophene rings is 1. The average Bonchev–Trinajstić information content (AvgIpc) is 2.84. The van der Waals surface area contributed by atoms with Gasteiger partial charge < -0.3 is 10.6 Å². The second kappa shape index (κ2) is 10.00. The molecule has 0 bridgehead atoms. The minimum absolute atomic E-state index is 0. The third-order valence-electron chi connectivity index (χ3n) is 3.46. The molecule has 1 saturated carbocycles. The van der Waals surface area contributed by atoms with E-state index in [1.54, 1.807) is 11.3 Å². The molecule has 0 radical (unpaired) electrons. The maximum absolute atomic E-state index is 4.31. The molecular formula is C14H23BrIN3S. The molecule has 1 aromatic rings. The Morgan fingerprint density at radius 3 is 2.70 bits per heavy atom. The van der Waals surface area contributed by atoms with Gasteiger partial charge in [-0.15, -0.1) is 35.3 Å². The smallest absolute Gasteiger partial charge is 0.191 e. The van der Waals surface area contributed by atoms with Crippen molar-refractivity contribution >= 4 is 57.2 Å². The number of rotatable bonds is 4. The molecule has 0 aromatic carbocycles. The van der Waals surface area contributed by atoms with E-state index in [0.717, 1.165) is 18.9 Å². The molecule has 20 heavy (non-hydrogen) atoms. The van der Waals surface area contributed by atoms with Crippen LogP contribution in [0.4, 0.5) is 0 Å². The molecule has 0 aliphatic heterocycles. The third kappa shape index (κ3) is 6.30. The van der Waals surface area contributed by atoms with Crippen molar-refractivity contribution in [1.29, 1.82) is 0 Å². The number of hydrogen-bond donors (Lipinski definition) is 2. The predicted molar refractivity (Wildman–Crippen MR) is 103 cm³/mol. The Morgan fingerprint density at radius 2 is 2.10 bits per heavy atom. The standard InChI is InChI=1S/C14H22BrN3S.HI/c1-16-14(18-11-5-3-2-4-6-11)17-10-9-12-7-8-13(15)19-12;/h7-8,11H,2-6,9-10H2,1H3,(H2,16,17,18);1H. The molecule has 3 nitrogen and oxygen atoms in total. The minimum atomic E-state index is 0. The van der Waals surface area contributed by atoms with Crippen LogP contribution in [-0.4, -0.2) is 25.6 Å². The highest BCUT2D eigenvalue weighted by atomic mass is 127. The molecule has 114 valence electrons. The van der Waals surface area contributed by atoms with Crippen LogP contribution in [0.25, 0.3) is 0 Å². The molecule has 1 aromatic heterocycles. The molecule has 2 rings (SSSR count). The van der Waals surface area contributed by atoms with Gasteiger partial charge in [0, 0.05) is 24.5 Å². The quantitative estimate of drug-likeness (QED) is 0.392. The van der Waals surface area contributed by atoms with Gasteiger partial charge >= 0.3 is 0 Å².